The highest BCUT2D eigenvalue weighted by molar-refractivity contribution is 5.96. The SMILES string of the molecule is CCN1CCC(CCNC(=O)c2cc(N)ccc2C)CC1.Cl.Cl. The van der Waals surface area contributed by atoms with Crippen molar-refractivity contribution in [3.63, 3.8) is 0 Å². The summed E-state index contributed by atoms with van der Waals surface area (Å²) in [6.45, 7) is 8.46. The summed E-state index contributed by atoms with van der Waals surface area (Å²) in [7, 11) is 0. The van der Waals surface area contributed by atoms with Gasteiger partial charge >= 0.3 is 0 Å². The molecule has 1 aliphatic rings. The molecule has 0 atom stereocenters. The molecule has 1 saturated heterocycles. The van der Waals surface area contributed by atoms with Crippen molar-refractivity contribution < 1.29 is 4.79 Å². The smallest absolute Gasteiger partial charge is 0.251 e. The molecule has 1 aliphatic heterocycles. The first kappa shape index (κ1) is 22.0. The van der Waals surface area contributed by atoms with Crippen molar-refractivity contribution >= 4 is 36.4 Å². The lowest BCUT2D eigenvalue weighted by Crippen LogP contribution is -2.35. The number of nitrogens with two attached hydrogens (primary N) is 1. The van der Waals surface area contributed by atoms with Crippen molar-refractivity contribution in [1.82, 2.24) is 10.2 Å². The minimum Gasteiger partial charge on any atom is -0.399 e. The van der Waals surface area contributed by atoms with Gasteiger partial charge in [-0.1, -0.05) is 13.0 Å². The summed E-state index contributed by atoms with van der Waals surface area (Å²) < 4.78 is 0. The van der Waals surface area contributed by atoms with Crippen LogP contribution in [0.4, 0.5) is 5.69 Å². The van der Waals surface area contributed by atoms with Crippen molar-refractivity contribution in [1.29, 1.82) is 0 Å². The molecule has 132 valence electrons. The third-order valence-corrected chi connectivity index (χ3v) is 4.50. The number of carbonyl (C=O) groups excluding carboxylic acids is 1. The van der Waals surface area contributed by atoms with Crippen LogP contribution in [-0.4, -0.2) is 37.0 Å². The standard InChI is InChI=1S/C17H27N3O.2ClH/c1-3-20-10-7-14(8-11-20)6-9-19-17(21)16-12-15(18)5-4-13(16)2;;/h4-5,12,14H,3,6-11,18H2,1-2H3,(H,19,21);2*1H. The van der Waals surface area contributed by atoms with Crippen molar-refractivity contribution in [3.05, 3.63) is 29.3 Å². The molecule has 3 N–H and O–H groups in total. The molecule has 23 heavy (non-hydrogen) atoms. The second-order valence-electron chi connectivity index (χ2n) is 6.00. The molecule has 4 nitrogen and oxygen atoms in total. The maximum absolute atomic E-state index is 12.2. The van der Waals surface area contributed by atoms with Crippen molar-refractivity contribution in [2.45, 2.75) is 33.1 Å². The quantitative estimate of drug-likeness (QED) is 0.791. The lowest BCUT2D eigenvalue weighted by atomic mass is 9.93. The molecule has 0 bridgehead atoms. The van der Waals surface area contributed by atoms with Crippen LogP contribution in [0.5, 0.6) is 0 Å². The molecule has 1 heterocycles. The summed E-state index contributed by atoms with van der Waals surface area (Å²) in [6, 6.07) is 5.47. The van der Waals surface area contributed by atoms with Gasteiger partial charge in [0.05, 0.1) is 0 Å². The molecule has 6 heteroatoms. The number of amides is 1. The summed E-state index contributed by atoms with van der Waals surface area (Å²) >= 11 is 0. The Kier molecular flexibility index (Phi) is 10.3. The topological polar surface area (TPSA) is 58.4 Å². The van der Waals surface area contributed by atoms with Crippen LogP contribution in [0, 0.1) is 12.8 Å². The Balaban J connectivity index is 0.00000242. The third-order valence-electron chi connectivity index (χ3n) is 4.50. The maximum Gasteiger partial charge on any atom is 0.251 e. The monoisotopic (exact) mass is 361 g/mol. The number of hydrogen-bond donors (Lipinski definition) is 2. The van der Waals surface area contributed by atoms with E-state index in [4.69, 9.17) is 5.73 Å². The molecule has 1 fully saturated rings. The predicted octanol–water partition coefficient (Wildman–Crippen LogP) is 3.27. The fourth-order valence-corrected chi connectivity index (χ4v) is 2.96. The average molecular weight is 362 g/mol. The van der Waals surface area contributed by atoms with E-state index in [1.54, 1.807) is 6.07 Å². The summed E-state index contributed by atoms with van der Waals surface area (Å²) in [5.41, 5.74) is 8.05. The Morgan fingerprint density at radius 3 is 2.57 bits per heavy atom. The van der Waals surface area contributed by atoms with Gasteiger partial charge in [-0.2, -0.15) is 0 Å². The molecular formula is C17H29Cl2N3O. The molecule has 0 aromatic heterocycles. The molecule has 0 unspecified atom stereocenters. The minimum atomic E-state index is -0.00852. The van der Waals surface area contributed by atoms with Crippen LogP contribution in [0.25, 0.3) is 0 Å². The highest BCUT2D eigenvalue weighted by Gasteiger charge is 2.18. The van der Waals surface area contributed by atoms with E-state index in [2.05, 4.69) is 17.1 Å². The van der Waals surface area contributed by atoms with Gasteiger partial charge in [0, 0.05) is 17.8 Å². The van der Waals surface area contributed by atoms with E-state index in [-0.39, 0.29) is 30.7 Å². The fraction of sp³-hybridized carbons (Fsp3) is 0.588. The number of nitrogens with zero attached hydrogens (tertiary/aromatic N) is 1. The van der Waals surface area contributed by atoms with Gasteiger partial charge in [-0.25, -0.2) is 0 Å². The zero-order valence-corrected chi connectivity index (χ0v) is 15.6. The number of anilines is 1. The van der Waals surface area contributed by atoms with E-state index in [0.29, 0.717) is 11.3 Å². The predicted molar refractivity (Wildman–Crippen MR) is 102 cm³/mol. The maximum atomic E-state index is 12.2. The Bertz CT molecular complexity index is 489. The average Bonchev–Trinajstić information content (AvgIpc) is 2.50. The van der Waals surface area contributed by atoms with E-state index in [1.165, 1.54) is 25.9 Å². The van der Waals surface area contributed by atoms with Gasteiger partial charge in [0.2, 0.25) is 0 Å². The number of nitrogen functional groups attached to an aromatic ring is 1. The molecule has 1 aromatic rings. The first-order valence-corrected chi connectivity index (χ1v) is 7.96. The van der Waals surface area contributed by atoms with Crippen LogP contribution in [0.3, 0.4) is 0 Å². The summed E-state index contributed by atoms with van der Waals surface area (Å²) in [5, 5.41) is 3.03. The molecule has 0 aliphatic carbocycles. The van der Waals surface area contributed by atoms with Crippen LogP contribution in [-0.2, 0) is 0 Å². The van der Waals surface area contributed by atoms with Crippen LogP contribution in [0.1, 0.15) is 42.1 Å². The highest BCUT2D eigenvalue weighted by atomic mass is 35.5. The highest BCUT2D eigenvalue weighted by Crippen LogP contribution is 2.19. The number of benzene rings is 1. The van der Waals surface area contributed by atoms with Crippen molar-refractivity contribution in [2.75, 3.05) is 31.9 Å². The minimum absolute atomic E-state index is 0. The fourth-order valence-electron chi connectivity index (χ4n) is 2.96. The van der Waals surface area contributed by atoms with Crippen LogP contribution >= 0.6 is 24.8 Å². The largest absolute Gasteiger partial charge is 0.399 e. The number of halogens is 2. The number of carbonyl (C=O) groups is 1. The Hall–Kier alpha value is -0.970. The molecule has 0 saturated carbocycles. The first-order chi connectivity index (χ1) is 10.1. The molecule has 0 radical (unpaired) electrons. The third kappa shape index (κ3) is 6.58. The van der Waals surface area contributed by atoms with Gasteiger partial charge in [-0.15, -0.1) is 24.8 Å². The van der Waals surface area contributed by atoms with Crippen LogP contribution in [0.2, 0.25) is 0 Å². The lowest BCUT2D eigenvalue weighted by molar-refractivity contribution is 0.0948. The van der Waals surface area contributed by atoms with Crippen molar-refractivity contribution in [3.8, 4) is 0 Å². The number of aryl methyl sites for hydroxylation is 1. The molecule has 1 amide bonds. The van der Waals surface area contributed by atoms with E-state index in [9.17, 15) is 4.79 Å². The van der Waals surface area contributed by atoms with E-state index in [0.717, 1.165) is 31.0 Å². The van der Waals surface area contributed by atoms with Gasteiger partial charge in [0.1, 0.15) is 0 Å². The Labute approximate surface area is 152 Å². The zero-order chi connectivity index (χ0) is 15.2. The van der Waals surface area contributed by atoms with Gasteiger partial charge in [-0.3, -0.25) is 4.79 Å². The van der Waals surface area contributed by atoms with Crippen molar-refractivity contribution in [2.24, 2.45) is 5.92 Å². The van der Waals surface area contributed by atoms with E-state index in [1.807, 2.05) is 19.1 Å². The van der Waals surface area contributed by atoms with Crippen LogP contribution < -0.4 is 11.1 Å². The Morgan fingerprint density at radius 1 is 1.30 bits per heavy atom. The number of hydrogen-bond acceptors (Lipinski definition) is 3. The summed E-state index contributed by atoms with van der Waals surface area (Å²) in [4.78, 5) is 14.7. The van der Waals surface area contributed by atoms with E-state index < -0.39 is 0 Å². The second-order valence-corrected chi connectivity index (χ2v) is 6.00. The lowest BCUT2D eigenvalue weighted by Gasteiger charge is -2.31. The number of rotatable bonds is 5. The molecule has 1 aromatic carbocycles. The van der Waals surface area contributed by atoms with Gasteiger partial charge < -0.3 is 16.0 Å². The second kappa shape index (κ2) is 10.7. The summed E-state index contributed by atoms with van der Waals surface area (Å²) in [5.74, 6) is 0.737. The number of piperidine rings is 1. The zero-order valence-electron chi connectivity index (χ0n) is 14.0. The first-order valence-electron chi connectivity index (χ1n) is 7.96. The number of likely N-dealkylation sites (tertiary alicyclic amines) is 1. The van der Waals surface area contributed by atoms with Crippen LogP contribution in [0.15, 0.2) is 18.2 Å². The van der Waals surface area contributed by atoms with E-state index >= 15 is 0 Å². The van der Waals surface area contributed by atoms with Gasteiger partial charge in [0.25, 0.3) is 5.91 Å². The molecular weight excluding hydrogens is 333 g/mol. The molecule has 2 rings (SSSR count). The van der Waals surface area contributed by atoms with Gasteiger partial charge in [-0.05, 0) is 69.4 Å². The Morgan fingerprint density at radius 2 is 1.96 bits per heavy atom. The summed E-state index contributed by atoms with van der Waals surface area (Å²) in [6.07, 6.45) is 3.58. The van der Waals surface area contributed by atoms with Gasteiger partial charge in [0.15, 0.2) is 0 Å². The normalized spacial score (nSPS) is 15.4. The molecule has 0 spiro atoms. The number of nitrogens with one attached hydrogen (secondary N) is 1.